The van der Waals surface area contributed by atoms with Crippen molar-refractivity contribution in [1.82, 2.24) is 0 Å². The van der Waals surface area contributed by atoms with E-state index in [9.17, 15) is 15.1 Å². The van der Waals surface area contributed by atoms with Crippen LogP contribution < -0.4 is 0 Å². The van der Waals surface area contributed by atoms with Crippen molar-refractivity contribution in [3.05, 3.63) is 28.3 Å². The average molecular weight is 461 g/mol. The monoisotopic (exact) mass is 460 g/mol. The van der Waals surface area contributed by atoms with Crippen molar-refractivity contribution in [2.45, 2.75) is 97.2 Å². The summed E-state index contributed by atoms with van der Waals surface area (Å²) in [6.45, 7) is 15.4. The number of ether oxygens (including phenoxy) is 1. The first kappa shape index (κ1) is 26.4. The lowest BCUT2D eigenvalue weighted by atomic mass is 9.69. The van der Waals surface area contributed by atoms with E-state index in [4.69, 9.17) is 9.16 Å². The van der Waals surface area contributed by atoms with E-state index in [1.165, 1.54) is 12.7 Å². The molecule has 0 aromatic rings. The SMILES string of the molecule is COC(=O)C(=[N+]=[N-])C(=O)C1(CO[Si](C(C)C)(C(C)C)C(C)C)C(C)=CCCC2=C1CCC2. The lowest BCUT2D eigenvalue weighted by molar-refractivity contribution is -0.141. The fourth-order valence-electron chi connectivity index (χ4n) is 6.27. The van der Waals surface area contributed by atoms with Gasteiger partial charge in [-0.2, -0.15) is 4.79 Å². The highest BCUT2D eigenvalue weighted by molar-refractivity contribution is 6.77. The molecule has 0 aromatic heterocycles. The van der Waals surface area contributed by atoms with E-state index < -0.39 is 31.2 Å². The third-order valence-electron chi connectivity index (χ3n) is 7.74. The normalized spacial score (nSPS) is 21.4. The molecular formula is C25H40N2O4Si. The molecule has 0 heterocycles. The van der Waals surface area contributed by atoms with Crippen LogP contribution in [0, 0.1) is 5.41 Å². The summed E-state index contributed by atoms with van der Waals surface area (Å²) in [5.74, 6) is -1.44. The summed E-state index contributed by atoms with van der Waals surface area (Å²) < 4.78 is 11.8. The van der Waals surface area contributed by atoms with Gasteiger partial charge in [0.2, 0.25) is 0 Å². The van der Waals surface area contributed by atoms with Crippen molar-refractivity contribution >= 4 is 25.8 Å². The summed E-state index contributed by atoms with van der Waals surface area (Å²) in [6, 6.07) is 0. The molecule has 1 unspecified atom stereocenters. The highest BCUT2D eigenvalue weighted by atomic mass is 28.4. The second kappa shape index (κ2) is 10.4. The van der Waals surface area contributed by atoms with E-state index >= 15 is 0 Å². The molecule has 1 atom stereocenters. The van der Waals surface area contributed by atoms with Crippen LogP contribution in [0.4, 0.5) is 0 Å². The number of methoxy groups -OCH3 is 1. The number of nitrogens with zero attached hydrogens (tertiary/aromatic N) is 2. The van der Waals surface area contributed by atoms with Crippen molar-refractivity contribution in [2.24, 2.45) is 5.41 Å². The number of carbonyl (C=O) groups is 2. The van der Waals surface area contributed by atoms with Gasteiger partial charge in [-0.1, -0.05) is 64.3 Å². The van der Waals surface area contributed by atoms with Crippen molar-refractivity contribution in [1.29, 1.82) is 0 Å². The minimum absolute atomic E-state index is 0.170. The van der Waals surface area contributed by atoms with Gasteiger partial charge in [0.1, 0.15) is 5.41 Å². The second-order valence-corrected chi connectivity index (χ2v) is 15.6. The van der Waals surface area contributed by atoms with E-state index in [0.29, 0.717) is 16.6 Å². The van der Waals surface area contributed by atoms with Crippen molar-refractivity contribution in [2.75, 3.05) is 13.7 Å². The largest absolute Gasteiger partial charge is 0.460 e. The fourth-order valence-corrected chi connectivity index (χ4v) is 11.7. The van der Waals surface area contributed by atoms with Crippen molar-refractivity contribution in [3.8, 4) is 0 Å². The Bertz CT molecular complexity index is 843. The van der Waals surface area contributed by atoms with Gasteiger partial charge in [0.15, 0.2) is 8.32 Å². The molecule has 6 nitrogen and oxygen atoms in total. The Hall–Kier alpha value is -1.82. The van der Waals surface area contributed by atoms with E-state index in [1.54, 1.807) is 0 Å². The standard InChI is InChI=1S/C25H40N2O4Si/c1-16(2)32(17(3)4,18(5)6)31-15-25(23(28)22(27-26)24(29)30-8)19(7)11-9-12-20-13-10-14-21(20)25/h11,16-18H,9-10,12-15H2,1-8H3. The van der Waals surface area contributed by atoms with Crippen molar-refractivity contribution < 1.29 is 23.5 Å². The van der Waals surface area contributed by atoms with E-state index in [2.05, 4.69) is 52.4 Å². The molecule has 0 fully saturated rings. The smallest absolute Gasteiger partial charge is 0.442 e. The number of rotatable bonds is 9. The Kier molecular flexibility index (Phi) is 8.60. The highest BCUT2D eigenvalue weighted by Gasteiger charge is 2.55. The van der Waals surface area contributed by atoms with Crippen molar-refractivity contribution in [3.63, 3.8) is 0 Å². The molecule has 2 aliphatic rings. The quantitative estimate of drug-likeness (QED) is 0.0827. The van der Waals surface area contributed by atoms with Crippen LogP contribution in [0.2, 0.25) is 16.6 Å². The molecule has 7 heteroatoms. The molecule has 0 bridgehead atoms. The summed E-state index contributed by atoms with van der Waals surface area (Å²) in [5.41, 5.74) is 12.2. The maximum absolute atomic E-state index is 14.1. The zero-order valence-corrected chi connectivity index (χ0v) is 22.1. The van der Waals surface area contributed by atoms with Gasteiger partial charge in [0.25, 0.3) is 5.78 Å². The highest BCUT2D eigenvalue weighted by Crippen LogP contribution is 2.51. The zero-order chi connectivity index (χ0) is 24.3. The summed E-state index contributed by atoms with van der Waals surface area (Å²) in [4.78, 5) is 29.5. The zero-order valence-electron chi connectivity index (χ0n) is 21.1. The summed E-state index contributed by atoms with van der Waals surface area (Å²) in [6.07, 6.45) is 6.58. The molecule has 2 rings (SSSR count). The first-order chi connectivity index (χ1) is 15.0. The predicted octanol–water partition coefficient (Wildman–Crippen LogP) is 5.80. The van der Waals surface area contributed by atoms with Crippen LogP contribution in [0.3, 0.4) is 0 Å². The maximum atomic E-state index is 14.1. The first-order valence-corrected chi connectivity index (χ1v) is 14.0. The lowest BCUT2D eigenvalue weighted by Gasteiger charge is -2.45. The molecule has 0 saturated heterocycles. The average Bonchev–Trinajstić information content (AvgIpc) is 3.14. The number of Topliss-reactive ketones (excluding diaryl/α,β-unsaturated/α-hetero) is 1. The second-order valence-electron chi connectivity index (χ2n) is 10.1. The molecular weight excluding hydrogens is 420 g/mol. The minimum atomic E-state index is -2.30. The van der Waals surface area contributed by atoms with Crippen LogP contribution in [0.5, 0.6) is 0 Å². The summed E-state index contributed by atoms with van der Waals surface area (Å²) in [5, 5.41) is 0. The third kappa shape index (κ3) is 4.35. The van der Waals surface area contributed by atoms with Crippen LogP contribution >= 0.6 is 0 Å². The lowest BCUT2D eigenvalue weighted by Crippen LogP contribution is -2.53. The van der Waals surface area contributed by atoms with Crippen LogP contribution in [-0.2, 0) is 18.8 Å². The van der Waals surface area contributed by atoms with Crippen LogP contribution in [-0.4, -0.2) is 44.3 Å². The molecule has 32 heavy (non-hydrogen) atoms. The van der Waals surface area contributed by atoms with Gasteiger partial charge in [-0.25, -0.2) is 4.79 Å². The van der Waals surface area contributed by atoms with Crippen LogP contribution in [0.15, 0.2) is 22.8 Å². The first-order valence-electron chi connectivity index (χ1n) is 11.9. The van der Waals surface area contributed by atoms with Gasteiger partial charge in [-0.3, -0.25) is 4.79 Å². The van der Waals surface area contributed by atoms with Crippen LogP contribution in [0.1, 0.15) is 80.6 Å². The molecule has 0 radical (unpaired) electrons. The molecule has 0 N–H and O–H groups in total. The Labute approximate surface area is 194 Å². The predicted molar refractivity (Wildman–Crippen MR) is 129 cm³/mol. The third-order valence-corrected chi connectivity index (χ3v) is 13.8. The Balaban J connectivity index is 2.72. The fraction of sp³-hybridized carbons (Fsp3) is 0.720. The van der Waals surface area contributed by atoms with Crippen LogP contribution in [0.25, 0.3) is 5.53 Å². The summed E-state index contributed by atoms with van der Waals surface area (Å²) >= 11 is 0. The molecule has 0 spiro atoms. The van der Waals surface area contributed by atoms with Gasteiger partial charge >= 0.3 is 11.7 Å². The molecule has 178 valence electrons. The Morgan fingerprint density at radius 1 is 1.09 bits per heavy atom. The van der Waals surface area contributed by atoms with Gasteiger partial charge in [-0.05, 0) is 55.7 Å². The van der Waals surface area contributed by atoms with E-state index in [-0.39, 0.29) is 6.61 Å². The number of hydrogen-bond acceptors (Lipinski definition) is 4. The Morgan fingerprint density at radius 2 is 1.69 bits per heavy atom. The number of ketones is 1. The van der Waals surface area contributed by atoms with Gasteiger partial charge in [0.05, 0.1) is 13.7 Å². The van der Waals surface area contributed by atoms with E-state index in [1.807, 2.05) is 6.92 Å². The van der Waals surface area contributed by atoms with Gasteiger partial charge in [0, 0.05) is 0 Å². The molecule has 0 saturated carbocycles. The number of esters is 1. The van der Waals surface area contributed by atoms with Gasteiger partial charge in [-0.15, -0.1) is 0 Å². The number of allylic oxidation sites excluding steroid dienone is 2. The molecule has 0 aromatic carbocycles. The molecule has 0 amide bonds. The van der Waals surface area contributed by atoms with Gasteiger partial charge < -0.3 is 14.7 Å². The number of carbonyl (C=O) groups excluding carboxylic acids is 2. The van der Waals surface area contributed by atoms with E-state index in [0.717, 1.165) is 43.3 Å². The molecule has 2 aliphatic carbocycles. The minimum Gasteiger partial charge on any atom is -0.460 e. The Morgan fingerprint density at radius 3 is 2.19 bits per heavy atom. The molecule has 0 aliphatic heterocycles. The summed E-state index contributed by atoms with van der Waals surface area (Å²) in [7, 11) is -1.11. The maximum Gasteiger partial charge on any atom is 0.442 e. The topological polar surface area (TPSA) is 89.0 Å². The number of hydrogen-bond donors (Lipinski definition) is 0.